The van der Waals surface area contributed by atoms with Crippen molar-refractivity contribution >= 4 is 0 Å². The number of halogens is 1. The fourth-order valence-corrected chi connectivity index (χ4v) is 2.44. The molecule has 2 atom stereocenters. The molecule has 0 aromatic heterocycles. The minimum absolute atomic E-state index is 0.0666. The van der Waals surface area contributed by atoms with Crippen molar-refractivity contribution in [3.8, 4) is 0 Å². The van der Waals surface area contributed by atoms with Gasteiger partial charge in [-0.15, -0.1) is 0 Å². The lowest BCUT2D eigenvalue weighted by Crippen LogP contribution is -2.18. The third-order valence-electron chi connectivity index (χ3n) is 2.89. The Kier molecular flexibility index (Phi) is 4.70. The molecule has 0 fully saturated rings. The van der Waals surface area contributed by atoms with E-state index in [2.05, 4.69) is 27.7 Å². The Hall–Kier alpha value is -0.890. The zero-order valence-electron chi connectivity index (χ0n) is 11.3. The number of hydrogen-bond donors (Lipinski definition) is 1. The van der Waals surface area contributed by atoms with Crippen molar-refractivity contribution in [1.29, 1.82) is 0 Å². The molecule has 0 aliphatic rings. The van der Waals surface area contributed by atoms with E-state index in [0.717, 1.165) is 18.4 Å². The molecule has 1 nitrogen and oxygen atoms in total. The third-order valence-corrected chi connectivity index (χ3v) is 2.89. The van der Waals surface area contributed by atoms with Crippen LogP contribution in [0.3, 0.4) is 0 Å². The molecule has 1 aromatic carbocycles. The Morgan fingerprint density at radius 3 is 2.47 bits per heavy atom. The molecular formula is C15H24FN. The molecule has 0 radical (unpaired) electrons. The van der Waals surface area contributed by atoms with Crippen LogP contribution in [0, 0.1) is 17.2 Å². The van der Waals surface area contributed by atoms with Crippen molar-refractivity contribution in [1.82, 2.24) is 0 Å². The van der Waals surface area contributed by atoms with E-state index in [1.807, 2.05) is 6.07 Å². The summed E-state index contributed by atoms with van der Waals surface area (Å²) in [7, 11) is 0. The van der Waals surface area contributed by atoms with Crippen molar-refractivity contribution in [3.05, 3.63) is 35.6 Å². The number of hydrogen-bond acceptors (Lipinski definition) is 1. The summed E-state index contributed by atoms with van der Waals surface area (Å²) in [6, 6.07) is 6.54. The lowest BCUT2D eigenvalue weighted by Gasteiger charge is -2.25. The van der Waals surface area contributed by atoms with Crippen LogP contribution in [-0.4, -0.2) is 0 Å². The second-order valence-electron chi connectivity index (χ2n) is 6.27. The van der Waals surface area contributed by atoms with Gasteiger partial charge in [-0.1, -0.05) is 39.8 Å². The van der Waals surface area contributed by atoms with E-state index in [0.29, 0.717) is 11.3 Å². The van der Waals surface area contributed by atoms with Crippen molar-refractivity contribution in [2.45, 2.75) is 46.6 Å². The molecule has 17 heavy (non-hydrogen) atoms. The Morgan fingerprint density at radius 2 is 1.94 bits per heavy atom. The van der Waals surface area contributed by atoms with E-state index in [-0.39, 0.29) is 11.9 Å². The molecular weight excluding hydrogens is 213 g/mol. The van der Waals surface area contributed by atoms with Crippen LogP contribution in [0.2, 0.25) is 0 Å². The molecule has 2 N–H and O–H groups in total. The van der Waals surface area contributed by atoms with Crippen LogP contribution in [0.15, 0.2) is 24.3 Å². The summed E-state index contributed by atoms with van der Waals surface area (Å²) in [5, 5.41) is 0. The normalized spacial score (nSPS) is 15.6. The van der Waals surface area contributed by atoms with E-state index in [1.54, 1.807) is 6.07 Å². The highest BCUT2D eigenvalue weighted by Gasteiger charge is 2.18. The van der Waals surface area contributed by atoms with Gasteiger partial charge in [0.2, 0.25) is 0 Å². The van der Waals surface area contributed by atoms with Crippen molar-refractivity contribution in [3.63, 3.8) is 0 Å². The zero-order chi connectivity index (χ0) is 13.1. The van der Waals surface area contributed by atoms with E-state index in [9.17, 15) is 4.39 Å². The molecule has 0 aliphatic carbocycles. The molecule has 0 heterocycles. The topological polar surface area (TPSA) is 26.0 Å². The summed E-state index contributed by atoms with van der Waals surface area (Å²) in [6.07, 6.45) is 2.04. The van der Waals surface area contributed by atoms with E-state index in [4.69, 9.17) is 5.73 Å². The van der Waals surface area contributed by atoms with E-state index in [1.165, 1.54) is 12.1 Å². The fourth-order valence-electron chi connectivity index (χ4n) is 2.44. The van der Waals surface area contributed by atoms with Crippen molar-refractivity contribution < 1.29 is 4.39 Å². The molecule has 1 aromatic rings. The number of rotatable bonds is 4. The molecule has 96 valence electrons. The quantitative estimate of drug-likeness (QED) is 0.830. The van der Waals surface area contributed by atoms with Crippen LogP contribution in [0.4, 0.5) is 4.39 Å². The molecule has 2 unspecified atom stereocenters. The van der Waals surface area contributed by atoms with Crippen molar-refractivity contribution in [2.75, 3.05) is 0 Å². The molecule has 0 saturated heterocycles. The van der Waals surface area contributed by atoms with Gasteiger partial charge in [0, 0.05) is 6.04 Å². The largest absolute Gasteiger partial charge is 0.324 e. The van der Waals surface area contributed by atoms with Crippen molar-refractivity contribution in [2.24, 2.45) is 17.1 Å². The van der Waals surface area contributed by atoms with Gasteiger partial charge in [0.15, 0.2) is 0 Å². The van der Waals surface area contributed by atoms with E-state index >= 15 is 0 Å². The van der Waals surface area contributed by atoms with Crippen LogP contribution >= 0.6 is 0 Å². The standard InChI is InChI=1S/C15H24FN/c1-11(10-15(2,3)4)8-14(17)12-6-5-7-13(16)9-12/h5-7,9,11,14H,8,10,17H2,1-4H3. The highest BCUT2D eigenvalue weighted by atomic mass is 19.1. The number of nitrogens with two attached hydrogens (primary N) is 1. The predicted octanol–water partition coefficient (Wildman–Crippen LogP) is 4.29. The van der Waals surface area contributed by atoms with Gasteiger partial charge in [-0.05, 0) is 41.9 Å². The third kappa shape index (κ3) is 5.31. The molecule has 0 bridgehead atoms. The van der Waals surface area contributed by atoms with Crippen LogP contribution in [-0.2, 0) is 0 Å². The summed E-state index contributed by atoms with van der Waals surface area (Å²) in [6.45, 7) is 8.91. The van der Waals surface area contributed by atoms with Gasteiger partial charge in [-0.25, -0.2) is 4.39 Å². The fraction of sp³-hybridized carbons (Fsp3) is 0.600. The summed E-state index contributed by atoms with van der Waals surface area (Å²) in [5.41, 5.74) is 7.33. The minimum atomic E-state index is -0.207. The Morgan fingerprint density at radius 1 is 1.29 bits per heavy atom. The molecule has 0 saturated carbocycles. The SMILES string of the molecule is CC(CC(N)c1cccc(F)c1)CC(C)(C)C. The lowest BCUT2D eigenvalue weighted by atomic mass is 9.82. The van der Waals surface area contributed by atoms with Crippen LogP contribution in [0.25, 0.3) is 0 Å². The van der Waals surface area contributed by atoms with Crippen LogP contribution < -0.4 is 5.73 Å². The molecule has 0 amide bonds. The highest BCUT2D eigenvalue weighted by Crippen LogP contribution is 2.29. The Labute approximate surface area is 104 Å². The minimum Gasteiger partial charge on any atom is -0.324 e. The maximum absolute atomic E-state index is 13.1. The van der Waals surface area contributed by atoms with Crippen LogP contribution in [0.5, 0.6) is 0 Å². The average Bonchev–Trinajstić information content (AvgIpc) is 2.14. The van der Waals surface area contributed by atoms with Gasteiger partial charge in [0.1, 0.15) is 5.82 Å². The zero-order valence-corrected chi connectivity index (χ0v) is 11.3. The smallest absolute Gasteiger partial charge is 0.123 e. The summed E-state index contributed by atoms with van der Waals surface area (Å²) < 4.78 is 13.1. The van der Waals surface area contributed by atoms with E-state index < -0.39 is 0 Å². The van der Waals surface area contributed by atoms with Crippen LogP contribution in [0.1, 0.15) is 52.1 Å². The maximum atomic E-state index is 13.1. The maximum Gasteiger partial charge on any atom is 0.123 e. The molecule has 1 rings (SSSR count). The van der Waals surface area contributed by atoms with Gasteiger partial charge in [0.05, 0.1) is 0 Å². The Balaban J connectivity index is 2.57. The first-order valence-corrected chi connectivity index (χ1v) is 6.29. The van der Waals surface area contributed by atoms with Gasteiger partial charge >= 0.3 is 0 Å². The Bertz CT molecular complexity index is 354. The summed E-state index contributed by atoms with van der Waals surface area (Å²) in [5.74, 6) is 0.342. The molecule has 0 aliphatic heterocycles. The molecule has 0 spiro atoms. The van der Waals surface area contributed by atoms with Gasteiger partial charge < -0.3 is 5.73 Å². The molecule has 2 heteroatoms. The number of benzene rings is 1. The van der Waals surface area contributed by atoms with Gasteiger partial charge in [-0.2, -0.15) is 0 Å². The second-order valence-corrected chi connectivity index (χ2v) is 6.27. The second kappa shape index (κ2) is 5.63. The first kappa shape index (κ1) is 14.2. The highest BCUT2D eigenvalue weighted by molar-refractivity contribution is 5.19. The first-order chi connectivity index (χ1) is 7.78. The van der Waals surface area contributed by atoms with Gasteiger partial charge in [0.25, 0.3) is 0 Å². The predicted molar refractivity (Wildman–Crippen MR) is 71.2 cm³/mol. The summed E-state index contributed by atoms with van der Waals surface area (Å²) in [4.78, 5) is 0. The average molecular weight is 237 g/mol. The van der Waals surface area contributed by atoms with Gasteiger partial charge in [-0.3, -0.25) is 0 Å². The lowest BCUT2D eigenvalue weighted by molar-refractivity contribution is 0.286. The first-order valence-electron chi connectivity index (χ1n) is 6.29. The monoisotopic (exact) mass is 237 g/mol. The summed E-state index contributed by atoms with van der Waals surface area (Å²) >= 11 is 0.